The van der Waals surface area contributed by atoms with Gasteiger partial charge in [0.1, 0.15) is 11.3 Å². The molecule has 15 heavy (non-hydrogen) atoms. The summed E-state index contributed by atoms with van der Waals surface area (Å²) in [4.78, 5) is 18.0. The number of aromatic amines is 1. The Kier molecular flexibility index (Phi) is 2.15. The van der Waals surface area contributed by atoms with Crippen LogP contribution in [0.15, 0.2) is 15.3 Å². The van der Waals surface area contributed by atoms with E-state index in [-0.39, 0.29) is 26.7 Å². The minimum Gasteiger partial charge on any atom is -0.503 e. The molecule has 0 saturated heterocycles. The second-order valence-electron chi connectivity index (χ2n) is 3.10. The van der Waals surface area contributed by atoms with E-state index in [1.54, 1.807) is 6.92 Å². The minimum absolute atomic E-state index is 0.0944. The van der Waals surface area contributed by atoms with E-state index in [9.17, 15) is 15.0 Å². The first kappa shape index (κ1) is 9.97. The van der Waals surface area contributed by atoms with Crippen LogP contribution in [0.3, 0.4) is 0 Å². The van der Waals surface area contributed by atoms with Crippen molar-refractivity contribution >= 4 is 26.8 Å². The number of benzene rings is 1. The quantitative estimate of drug-likeness (QED) is 0.632. The topological polar surface area (TPSA) is 86.2 Å². The van der Waals surface area contributed by atoms with Crippen LogP contribution in [0.1, 0.15) is 5.82 Å². The maximum absolute atomic E-state index is 11.5. The van der Waals surface area contributed by atoms with E-state index >= 15 is 0 Å². The molecule has 0 amide bonds. The maximum Gasteiger partial charge on any atom is 0.258 e. The number of aromatic hydroxyl groups is 2. The zero-order valence-corrected chi connectivity index (χ0v) is 9.29. The zero-order valence-electron chi connectivity index (χ0n) is 7.71. The van der Waals surface area contributed by atoms with Crippen LogP contribution in [-0.2, 0) is 0 Å². The van der Waals surface area contributed by atoms with Gasteiger partial charge < -0.3 is 15.2 Å². The molecule has 0 bridgehead atoms. The monoisotopic (exact) mass is 270 g/mol. The highest BCUT2D eigenvalue weighted by Crippen LogP contribution is 2.37. The van der Waals surface area contributed by atoms with Crippen LogP contribution < -0.4 is 5.56 Å². The minimum atomic E-state index is -0.395. The number of fused-ring (bicyclic) bond motifs is 1. The summed E-state index contributed by atoms with van der Waals surface area (Å²) in [6, 6.07) is 1.41. The average molecular weight is 271 g/mol. The van der Waals surface area contributed by atoms with Gasteiger partial charge in [-0.15, -0.1) is 0 Å². The Morgan fingerprint density at radius 2 is 2.07 bits per heavy atom. The highest BCUT2D eigenvalue weighted by molar-refractivity contribution is 9.10. The van der Waals surface area contributed by atoms with Crippen molar-refractivity contribution in [3.8, 4) is 11.5 Å². The Labute approximate surface area is 92.5 Å². The van der Waals surface area contributed by atoms with Gasteiger partial charge in [-0.1, -0.05) is 0 Å². The van der Waals surface area contributed by atoms with Crippen LogP contribution in [0.5, 0.6) is 11.5 Å². The van der Waals surface area contributed by atoms with Gasteiger partial charge in [-0.25, -0.2) is 4.98 Å². The van der Waals surface area contributed by atoms with Crippen molar-refractivity contribution in [1.29, 1.82) is 0 Å². The van der Waals surface area contributed by atoms with Crippen molar-refractivity contribution in [1.82, 2.24) is 9.97 Å². The first-order valence-corrected chi connectivity index (χ1v) is 4.91. The lowest BCUT2D eigenvalue weighted by Crippen LogP contribution is -2.09. The molecule has 2 aromatic rings. The number of aryl methyl sites for hydroxylation is 1. The van der Waals surface area contributed by atoms with Crippen molar-refractivity contribution in [2.45, 2.75) is 6.92 Å². The Bertz CT molecular complexity index is 606. The molecule has 0 fully saturated rings. The number of hydrogen-bond donors (Lipinski definition) is 3. The lowest BCUT2D eigenvalue weighted by Gasteiger charge is -2.04. The molecule has 1 heterocycles. The van der Waals surface area contributed by atoms with Gasteiger partial charge in [0, 0.05) is 0 Å². The van der Waals surface area contributed by atoms with Crippen LogP contribution in [0.4, 0.5) is 0 Å². The molecule has 78 valence electrons. The molecule has 0 aliphatic rings. The molecule has 3 N–H and O–H groups in total. The highest BCUT2D eigenvalue weighted by atomic mass is 79.9. The second-order valence-corrected chi connectivity index (χ2v) is 3.96. The summed E-state index contributed by atoms with van der Waals surface area (Å²) in [5.74, 6) is -0.335. The summed E-state index contributed by atoms with van der Waals surface area (Å²) >= 11 is 3.03. The van der Waals surface area contributed by atoms with Crippen LogP contribution in [-0.4, -0.2) is 20.2 Å². The fraction of sp³-hybridized carbons (Fsp3) is 0.111. The largest absolute Gasteiger partial charge is 0.503 e. The van der Waals surface area contributed by atoms with Gasteiger partial charge in [-0.05, 0) is 28.9 Å². The van der Waals surface area contributed by atoms with E-state index in [4.69, 9.17) is 0 Å². The van der Waals surface area contributed by atoms with Crippen LogP contribution >= 0.6 is 15.9 Å². The first-order valence-electron chi connectivity index (χ1n) is 4.11. The number of halogens is 1. The molecule has 0 aliphatic carbocycles. The maximum atomic E-state index is 11.5. The number of hydrogen-bond acceptors (Lipinski definition) is 4. The third kappa shape index (κ3) is 1.46. The third-order valence-electron chi connectivity index (χ3n) is 2.02. The molecule has 5 nitrogen and oxygen atoms in total. The van der Waals surface area contributed by atoms with Crippen molar-refractivity contribution in [3.63, 3.8) is 0 Å². The van der Waals surface area contributed by atoms with Gasteiger partial charge in [0.2, 0.25) is 0 Å². The van der Waals surface area contributed by atoms with Crippen LogP contribution in [0, 0.1) is 6.92 Å². The molecule has 0 radical (unpaired) electrons. The van der Waals surface area contributed by atoms with Gasteiger partial charge in [0.15, 0.2) is 11.5 Å². The van der Waals surface area contributed by atoms with Crippen molar-refractivity contribution in [2.75, 3.05) is 0 Å². The molecule has 1 aromatic carbocycles. The van der Waals surface area contributed by atoms with Crippen molar-refractivity contribution < 1.29 is 10.2 Å². The number of aromatic nitrogens is 2. The lowest BCUT2D eigenvalue weighted by atomic mass is 10.2. The van der Waals surface area contributed by atoms with Crippen molar-refractivity contribution in [2.24, 2.45) is 0 Å². The standard InChI is InChI=1S/C9H7BrN2O3/c1-3-11-6-4(9(15)12-3)2-5(10)7(13)8(6)14/h2,13-14H,1H3,(H,11,12,15). The fourth-order valence-electron chi connectivity index (χ4n) is 1.33. The molecule has 0 aliphatic heterocycles. The van der Waals surface area contributed by atoms with Gasteiger partial charge in [0.05, 0.1) is 9.86 Å². The smallest absolute Gasteiger partial charge is 0.258 e. The summed E-state index contributed by atoms with van der Waals surface area (Å²) in [6.45, 7) is 1.60. The van der Waals surface area contributed by atoms with Crippen LogP contribution in [0.25, 0.3) is 10.9 Å². The predicted molar refractivity (Wildman–Crippen MR) is 58.1 cm³/mol. The summed E-state index contributed by atoms with van der Waals surface area (Å²) in [5, 5.41) is 19.3. The lowest BCUT2D eigenvalue weighted by molar-refractivity contribution is 0.405. The summed E-state index contributed by atoms with van der Waals surface area (Å²) in [6.07, 6.45) is 0. The van der Waals surface area contributed by atoms with Crippen molar-refractivity contribution in [3.05, 3.63) is 26.7 Å². The molecule has 0 saturated carbocycles. The number of nitrogens with zero attached hydrogens (tertiary/aromatic N) is 1. The number of rotatable bonds is 0. The molecule has 0 atom stereocenters. The van der Waals surface area contributed by atoms with Gasteiger partial charge >= 0.3 is 0 Å². The number of phenolic OH excluding ortho intramolecular Hbond substituents is 2. The molecule has 1 aromatic heterocycles. The van der Waals surface area contributed by atoms with E-state index in [0.29, 0.717) is 5.82 Å². The van der Waals surface area contributed by atoms with Gasteiger partial charge in [0.25, 0.3) is 5.56 Å². The van der Waals surface area contributed by atoms with Gasteiger partial charge in [-0.2, -0.15) is 0 Å². The molecule has 2 rings (SSSR count). The number of phenols is 2. The molecule has 0 spiro atoms. The third-order valence-corrected chi connectivity index (χ3v) is 2.62. The zero-order chi connectivity index (χ0) is 11.2. The summed E-state index contributed by atoms with van der Waals surface area (Å²) in [5.41, 5.74) is -0.259. The first-order chi connectivity index (χ1) is 7.00. The number of H-pyrrole nitrogens is 1. The van der Waals surface area contributed by atoms with Gasteiger partial charge in [-0.3, -0.25) is 4.79 Å². The Morgan fingerprint density at radius 3 is 2.73 bits per heavy atom. The van der Waals surface area contributed by atoms with E-state index < -0.39 is 5.75 Å². The van der Waals surface area contributed by atoms with E-state index in [0.717, 1.165) is 0 Å². The molecule has 0 unspecified atom stereocenters. The highest BCUT2D eigenvalue weighted by Gasteiger charge is 2.13. The predicted octanol–water partition coefficient (Wildman–Crippen LogP) is 1.41. The van der Waals surface area contributed by atoms with E-state index in [2.05, 4.69) is 25.9 Å². The Balaban J connectivity index is 3.05. The fourth-order valence-corrected chi connectivity index (χ4v) is 1.75. The SMILES string of the molecule is Cc1nc2c(O)c(O)c(Br)cc2c(=O)[nH]1. The van der Waals surface area contributed by atoms with E-state index in [1.165, 1.54) is 6.07 Å². The normalized spacial score (nSPS) is 10.8. The molecular formula is C9H7BrN2O3. The number of nitrogens with one attached hydrogen (secondary N) is 1. The molecular weight excluding hydrogens is 264 g/mol. The Morgan fingerprint density at radius 1 is 1.40 bits per heavy atom. The summed E-state index contributed by atoms with van der Waals surface area (Å²) in [7, 11) is 0. The van der Waals surface area contributed by atoms with E-state index in [1.807, 2.05) is 0 Å². The summed E-state index contributed by atoms with van der Waals surface area (Å²) < 4.78 is 0.253. The average Bonchev–Trinajstić information content (AvgIpc) is 2.17. The second kappa shape index (κ2) is 3.23. The van der Waals surface area contributed by atoms with Crippen LogP contribution in [0.2, 0.25) is 0 Å². The molecule has 6 heteroatoms. The Hall–Kier alpha value is -1.56.